The average Bonchev–Trinajstić information content (AvgIpc) is 3.03. The Bertz CT molecular complexity index is 628. The van der Waals surface area contributed by atoms with E-state index in [0.717, 1.165) is 19.6 Å². The van der Waals surface area contributed by atoms with E-state index in [4.69, 9.17) is 9.47 Å². The van der Waals surface area contributed by atoms with Crippen LogP contribution in [0.2, 0.25) is 0 Å². The van der Waals surface area contributed by atoms with Gasteiger partial charge in [0.2, 0.25) is 0 Å². The quantitative estimate of drug-likeness (QED) is 0.821. The van der Waals surface area contributed by atoms with Gasteiger partial charge in [0.25, 0.3) is 5.91 Å². The second-order valence-electron chi connectivity index (χ2n) is 7.85. The predicted molar refractivity (Wildman–Crippen MR) is 104 cm³/mol. The highest BCUT2D eigenvalue weighted by Crippen LogP contribution is 2.27. The first-order valence-corrected chi connectivity index (χ1v) is 10.0. The van der Waals surface area contributed by atoms with E-state index >= 15 is 0 Å². The van der Waals surface area contributed by atoms with Crippen molar-refractivity contribution < 1.29 is 19.4 Å². The zero-order chi connectivity index (χ0) is 19.4. The first-order chi connectivity index (χ1) is 13.0. The number of aliphatic hydroxyl groups is 1. The van der Waals surface area contributed by atoms with Crippen LogP contribution in [0.4, 0.5) is 0 Å². The highest BCUT2D eigenvalue weighted by atomic mass is 16.5. The monoisotopic (exact) mass is 376 g/mol. The molecule has 3 rings (SSSR count). The Morgan fingerprint density at radius 2 is 1.89 bits per heavy atom. The highest BCUT2D eigenvalue weighted by Gasteiger charge is 2.37. The van der Waals surface area contributed by atoms with Gasteiger partial charge in [0.05, 0.1) is 18.8 Å². The van der Waals surface area contributed by atoms with Crippen molar-refractivity contribution in [2.75, 3.05) is 45.9 Å². The van der Waals surface area contributed by atoms with E-state index < -0.39 is 0 Å². The second kappa shape index (κ2) is 9.04. The molecule has 6 nitrogen and oxygen atoms in total. The molecule has 1 N–H and O–H groups in total. The molecule has 0 radical (unpaired) electrons. The van der Waals surface area contributed by atoms with Gasteiger partial charge in [-0.05, 0) is 44.9 Å². The molecule has 1 aromatic carbocycles. The fourth-order valence-electron chi connectivity index (χ4n) is 4.35. The molecule has 150 valence electrons. The van der Waals surface area contributed by atoms with E-state index in [-0.39, 0.29) is 36.6 Å². The van der Waals surface area contributed by atoms with Crippen LogP contribution in [0.3, 0.4) is 0 Å². The molecule has 4 unspecified atom stereocenters. The number of amides is 1. The van der Waals surface area contributed by atoms with E-state index in [1.807, 2.05) is 30.0 Å². The van der Waals surface area contributed by atoms with E-state index in [9.17, 15) is 9.90 Å². The number of morpholine rings is 1. The first kappa shape index (κ1) is 20.1. The molecule has 0 spiro atoms. The van der Waals surface area contributed by atoms with Crippen LogP contribution in [0, 0.1) is 11.8 Å². The number of rotatable bonds is 6. The maximum absolute atomic E-state index is 13.0. The SMILES string of the molecule is CCOc1cccc(C(=O)N2CC(CO)C(CN3CC(C)OC(C)C3)C2)c1. The van der Waals surface area contributed by atoms with Crippen LogP contribution < -0.4 is 4.74 Å². The van der Waals surface area contributed by atoms with Crippen molar-refractivity contribution in [1.29, 1.82) is 0 Å². The minimum absolute atomic E-state index is 0.0150. The number of carbonyl (C=O) groups excluding carboxylic acids is 1. The van der Waals surface area contributed by atoms with Gasteiger partial charge in [0, 0.05) is 50.8 Å². The smallest absolute Gasteiger partial charge is 0.254 e. The Hall–Kier alpha value is -1.63. The molecule has 6 heteroatoms. The van der Waals surface area contributed by atoms with Crippen LogP contribution in [-0.4, -0.2) is 79.0 Å². The lowest BCUT2D eigenvalue weighted by molar-refractivity contribution is -0.0726. The molecule has 0 bridgehead atoms. The molecule has 4 atom stereocenters. The minimum Gasteiger partial charge on any atom is -0.494 e. The van der Waals surface area contributed by atoms with E-state index in [1.54, 1.807) is 6.07 Å². The van der Waals surface area contributed by atoms with Crippen LogP contribution >= 0.6 is 0 Å². The number of carbonyl (C=O) groups is 1. The normalized spacial score (nSPS) is 29.1. The minimum atomic E-state index is 0.0150. The van der Waals surface area contributed by atoms with Crippen LogP contribution in [0.5, 0.6) is 5.75 Å². The molecule has 2 heterocycles. The van der Waals surface area contributed by atoms with Gasteiger partial charge in [-0.1, -0.05) is 6.07 Å². The Balaban J connectivity index is 1.64. The number of benzene rings is 1. The summed E-state index contributed by atoms with van der Waals surface area (Å²) in [5, 5.41) is 9.85. The summed E-state index contributed by atoms with van der Waals surface area (Å²) in [4.78, 5) is 17.3. The van der Waals surface area contributed by atoms with Gasteiger partial charge in [-0.25, -0.2) is 0 Å². The van der Waals surface area contributed by atoms with Crippen molar-refractivity contribution in [2.24, 2.45) is 11.8 Å². The summed E-state index contributed by atoms with van der Waals surface area (Å²) in [6.07, 6.45) is 0.448. The molecular formula is C21H32N2O4. The second-order valence-corrected chi connectivity index (χ2v) is 7.85. The van der Waals surface area contributed by atoms with Crippen LogP contribution in [0.15, 0.2) is 24.3 Å². The third kappa shape index (κ3) is 5.00. The van der Waals surface area contributed by atoms with Gasteiger partial charge in [0.1, 0.15) is 5.75 Å². The molecule has 0 saturated carbocycles. The summed E-state index contributed by atoms with van der Waals surface area (Å²) in [5.41, 5.74) is 0.645. The Kier molecular flexibility index (Phi) is 6.73. The zero-order valence-corrected chi connectivity index (χ0v) is 16.6. The Labute approximate surface area is 162 Å². The van der Waals surface area contributed by atoms with Gasteiger partial charge in [-0.15, -0.1) is 0 Å². The number of aliphatic hydroxyl groups excluding tert-OH is 1. The summed E-state index contributed by atoms with van der Waals surface area (Å²) >= 11 is 0. The van der Waals surface area contributed by atoms with Crippen molar-refractivity contribution in [3.63, 3.8) is 0 Å². The van der Waals surface area contributed by atoms with Crippen LogP contribution in [0.1, 0.15) is 31.1 Å². The number of hydrogen-bond donors (Lipinski definition) is 1. The summed E-state index contributed by atoms with van der Waals surface area (Å²) in [5.74, 6) is 1.14. The van der Waals surface area contributed by atoms with Gasteiger partial charge in [0.15, 0.2) is 0 Å². The predicted octanol–water partition coefficient (Wildman–Crippen LogP) is 1.87. The van der Waals surface area contributed by atoms with Crippen molar-refractivity contribution in [1.82, 2.24) is 9.80 Å². The standard InChI is InChI=1S/C21H32N2O4/c1-4-26-20-7-5-6-17(8-20)21(25)23-12-18(19(13-23)14-24)11-22-9-15(2)27-16(3)10-22/h5-8,15-16,18-19,24H,4,9-14H2,1-3H3. The van der Waals surface area contributed by atoms with E-state index in [0.29, 0.717) is 31.0 Å². The lowest BCUT2D eigenvalue weighted by Crippen LogP contribution is -2.48. The topological polar surface area (TPSA) is 62.2 Å². The van der Waals surface area contributed by atoms with Gasteiger partial charge < -0.3 is 19.5 Å². The maximum atomic E-state index is 13.0. The number of likely N-dealkylation sites (tertiary alicyclic amines) is 1. The lowest BCUT2D eigenvalue weighted by Gasteiger charge is -2.37. The largest absolute Gasteiger partial charge is 0.494 e. The molecular weight excluding hydrogens is 344 g/mol. The lowest BCUT2D eigenvalue weighted by atomic mass is 9.96. The van der Waals surface area contributed by atoms with Crippen LogP contribution in [0.25, 0.3) is 0 Å². The zero-order valence-electron chi connectivity index (χ0n) is 16.6. The fourth-order valence-corrected chi connectivity index (χ4v) is 4.35. The molecule has 27 heavy (non-hydrogen) atoms. The third-order valence-electron chi connectivity index (χ3n) is 5.48. The Morgan fingerprint density at radius 1 is 1.19 bits per heavy atom. The fraction of sp³-hybridized carbons (Fsp3) is 0.667. The number of ether oxygens (including phenoxy) is 2. The molecule has 1 aromatic rings. The van der Waals surface area contributed by atoms with Gasteiger partial charge >= 0.3 is 0 Å². The molecule has 2 aliphatic rings. The third-order valence-corrected chi connectivity index (χ3v) is 5.48. The summed E-state index contributed by atoms with van der Waals surface area (Å²) in [6.45, 7) is 10.8. The van der Waals surface area contributed by atoms with Gasteiger partial charge in [-0.2, -0.15) is 0 Å². The van der Waals surface area contributed by atoms with Crippen molar-refractivity contribution >= 4 is 5.91 Å². The van der Waals surface area contributed by atoms with Crippen molar-refractivity contribution in [3.05, 3.63) is 29.8 Å². The van der Waals surface area contributed by atoms with Crippen LogP contribution in [-0.2, 0) is 4.74 Å². The molecule has 0 aliphatic carbocycles. The summed E-state index contributed by atoms with van der Waals surface area (Å²) in [6, 6.07) is 7.35. The Morgan fingerprint density at radius 3 is 2.56 bits per heavy atom. The van der Waals surface area contributed by atoms with E-state index in [1.165, 1.54) is 0 Å². The van der Waals surface area contributed by atoms with E-state index in [2.05, 4.69) is 18.7 Å². The molecule has 1 amide bonds. The molecule has 2 saturated heterocycles. The first-order valence-electron chi connectivity index (χ1n) is 10.0. The molecule has 0 aromatic heterocycles. The summed E-state index contributed by atoms with van der Waals surface area (Å²) < 4.78 is 11.3. The number of hydrogen-bond acceptors (Lipinski definition) is 5. The van der Waals surface area contributed by atoms with Crippen molar-refractivity contribution in [3.8, 4) is 5.75 Å². The number of nitrogens with zero attached hydrogens (tertiary/aromatic N) is 2. The molecule has 2 aliphatic heterocycles. The summed E-state index contributed by atoms with van der Waals surface area (Å²) in [7, 11) is 0. The average molecular weight is 376 g/mol. The maximum Gasteiger partial charge on any atom is 0.254 e. The highest BCUT2D eigenvalue weighted by molar-refractivity contribution is 5.94. The molecule has 2 fully saturated rings. The van der Waals surface area contributed by atoms with Gasteiger partial charge in [-0.3, -0.25) is 9.69 Å². The van der Waals surface area contributed by atoms with Crippen molar-refractivity contribution in [2.45, 2.75) is 33.0 Å².